The van der Waals surface area contributed by atoms with E-state index in [4.69, 9.17) is 11.6 Å². The Morgan fingerprint density at radius 3 is 3.00 bits per heavy atom. The fraction of sp³-hybridized carbons (Fsp3) is 0.133. The highest BCUT2D eigenvalue weighted by atomic mass is 35.5. The average Bonchev–Trinajstić information content (AvgIpc) is 3.25. The Labute approximate surface area is 161 Å². The van der Waals surface area contributed by atoms with Crippen LogP contribution in [0.4, 0.5) is 11.4 Å². The number of amides is 1. The second-order valence-electron chi connectivity index (χ2n) is 5.08. The van der Waals surface area contributed by atoms with Crippen molar-refractivity contribution in [1.29, 1.82) is 0 Å². The molecule has 0 aliphatic carbocycles. The molecule has 1 amide bonds. The number of halogens is 1. The van der Waals surface area contributed by atoms with Gasteiger partial charge in [-0.3, -0.25) is 20.0 Å². The summed E-state index contributed by atoms with van der Waals surface area (Å²) in [6.45, 7) is 0. The molecule has 0 saturated heterocycles. The van der Waals surface area contributed by atoms with Gasteiger partial charge in [0.05, 0.1) is 10.7 Å². The summed E-state index contributed by atoms with van der Waals surface area (Å²) >= 11 is 8.60. The van der Waals surface area contributed by atoms with E-state index >= 15 is 0 Å². The molecule has 0 bridgehead atoms. The maximum atomic E-state index is 12.1. The quantitative estimate of drug-likeness (QED) is 0.349. The Balaban J connectivity index is 1.57. The van der Waals surface area contributed by atoms with Crippen LogP contribution in [0.1, 0.15) is 10.7 Å². The van der Waals surface area contributed by atoms with Crippen LogP contribution >= 0.6 is 34.7 Å². The van der Waals surface area contributed by atoms with Crippen LogP contribution < -0.4 is 5.32 Å². The number of hydrogen-bond acceptors (Lipinski definition) is 7. The van der Waals surface area contributed by atoms with Gasteiger partial charge in [0.2, 0.25) is 11.1 Å². The first kappa shape index (κ1) is 18.4. The van der Waals surface area contributed by atoms with E-state index < -0.39 is 10.8 Å². The minimum atomic E-state index is -0.578. The normalized spacial score (nSPS) is 10.7. The maximum Gasteiger partial charge on any atom is 0.292 e. The minimum absolute atomic E-state index is 0.0139. The zero-order chi connectivity index (χ0) is 18.5. The maximum absolute atomic E-state index is 12.1. The summed E-state index contributed by atoms with van der Waals surface area (Å²) in [5.41, 5.74) is -0.162. The van der Waals surface area contributed by atoms with Gasteiger partial charge in [-0.1, -0.05) is 29.4 Å². The SMILES string of the molecule is O=C(CSc1n[nH]c(Cc2cccs2)n1)Nc1cc(Cl)ccc1[N+](=O)[O-]. The van der Waals surface area contributed by atoms with Crippen LogP contribution in [0.25, 0.3) is 0 Å². The van der Waals surface area contributed by atoms with Crippen LogP contribution in [0.2, 0.25) is 5.02 Å². The van der Waals surface area contributed by atoms with Gasteiger partial charge in [0.1, 0.15) is 11.5 Å². The molecule has 2 N–H and O–H groups in total. The summed E-state index contributed by atoms with van der Waals surface area (Å²) in [5.74, 6) is 0.311. The van der Waals surface area contributed by atoms with E-state index in [9.17, 15) is 14.9 Å². The third-order valence-electron chi connectivity index (χ3n) is 3.19. The molecule has 0 aliphatic rings. The minimum Gasteiger partial charge on any atom is -0.320 e. The number of aromatic amines is 1. The third kappa shape index (κ3) is 4.81. The summed E-state index contributed by atoms with van der Waals surface area (Å²) < 4.78 is 0. The van der Waals surface area contributed by atoms with Gasteiger partial charge in [0.25, 0.3) is 5.69 Å². The predicted molar refractivity (Wildman–Crippen MR) is 101 cm³/mol. The Morgan fingerprint density at radius 1 is 1.42 bits per heavy atom. The number of carbonyl (C=O) groups excluding carboxylic acids is 1. The highest BCUT2D eigenvalue weighted by molar-refractivity contribution is 7.99. The van der Waals surface area contributed by atoms with E-state index in [-0.39, 0.29) is 17.1 Å². The van der Waals surface area contributed by atoms with Gasteiger partial charge in [0.15, 0.2) is 0 Å². The van der Waals surface area contributed by atoms with Crippen LogP contribution in [0.5, 0.6) is 0 Å². The average molecular weight is 410 g/mol. The first-order valence-electron chi connectivity index (χ1n) is 7.31. The van der Waals surface area contributed by atoms with Crippen LogP contribution in [0.15, 0.2) is 40.9 Å². The largest absolute Gasteiger partial charge is 0.320 e. The molecule has 0 fully saturated rings. The smallest absolute Gasteiger partial charge is 0.292 e. The molecule has 2 heterocycles. The van der Waals surface area contributed by atoms with Crippen molar-refractivity contribution in [2.75, 3.05) is 11.1 Å². The number of aromatic nitrogens is 3. The molecule has 134 valence electrons. The lowest BCUT2D eigenvalue weighted by Gasteiger charge is -2.05. The van der Waals surface area contributed by atoms with Gasteiger partial charge >= 0.3 is 0 Å². The molecule has 8 nitrogen and oxygen atoms in total. The number of nitro benzene ring substituents is 1. The Morgan fingerprint density at radius 2 is 2.27 bits per heavy atom. The number of nitrogens with one attached hydrogen (secondary N) is 2. The number of H-pyrrole nitrogens is 1. The first-order chi connectivity index (χ1) is 12.5. The lowest BCUT2D eigenvalue weighted by molar-refractivity contribution is -0.383. The molecule has 0 radical (unpaired) electrons. The molecule has 0 atom stereocenters. The lowest BCUT2D eigenvalue weighted by atomic mass is 10.2. The van der Waals surface area contributed by atoms with Crippen molar-refractivity contribution in [1.82, 2.24) is 15.2 Å². The van der Waals surface area contributed by atoms with Crippen LogP contribution in [-0.2, 0) is 11.2 Å². The zero-order valence-electron chi connectivity index (χ0n) is 13.1. The van der Waals surface area contributed by atoms with Crippen molar-refractivity contribution in [3.63, 3.8) is 0 Å². The first-order valence-corrected chi connectivity index (χ1v) is 9.56. The number of nitro groups is 1. The number of hydrogen-bond donors (Lipinski definition) is 2. The van der Waals surface area contributed by atoms with Crippen molar-refractivity contribution in [2.45, 2.75) is 11.6 Å². The van der Waals surface area contributed by atoms with Gasteiger partial charge < -0.3 is 5.32 Å². The number of nitrogens with zero attached hydrogens (tertiary/aromatic N) is 3. The molecular weight excluding hydrogens is 398 g/mol. The molecule has 26 heavy (non-hydrogen) atoms. The van der Waals surface area contributed by atoms with Gasteiger partial charge in [-0.25, -0.2) is 4.98 Å². The third-order valence-corrected chi connectivity index (χ3v) is 5.15. The summed E-state index contributed by atoms with van der Waals surface area (Å²) in [6.07, 6.45) is 0.645. The summed E-state index contributed by atoms with van der Waals surface area (Å²) in [5, 5.41) is 23.1. The number of rotatable bonds is 7. The highest BCUT2D eigenvalue weighted by Gasteiger charge is 2.17. The molecule has 0 saturated carbocycles. The molecular formula is C15H12ClN5O3S2. The second-order valence-corrected chi connectivity index (χ2v) is 7.49. The van der Waals surface area contributed by atoms with E-state index in [1.807, 2.05) is 17.5 Å². The molecule has 0 aliphatic heterocycles. The molecule has 0 spiro atoms. The standard InChI is InChI=1S/C15H12ClN5O3S2/c16-9-3-4-12(21(23)24)11(6-9)17-14(22)8-26-15-18-13(19-20-15)7-10-2-1-5-25-10/h1-6H,7-8H2,(H,17,22)(H,18,19,20). The zero-order valence-corrected chi connectivity index (χ0v) is 15.5. The molecule has 0 unspecified atom stereocenters. The summed E-state index contributed by atoms with van der Waals surface area (Å²) in [6, 6.07) is 7.95. The van der Waals surface area contributed by atoms with E-state index in [0.29, 0.717) is 22.4 Å². The van der Waals surface area contributed by atoms with Crippen molar-refractivity contribution in [3.8, 4) is 0 Å². The van der Waals surface area contributed by atoms with E-state index in [0.717, 1.165) is 16.6 Å². The van der Waals surface area contributed by atoms with Crippen molar-refractivity contribution < 1.29 is 9.72 Å². The van der Waals surface area contributed by atoms with Gasteiger partial charge in [0, 0.05) is 22.4 Å². The van der Waals surface area contributed by atoms with Crippen molar-refractivity contribution in [3.05, 3.63) is 61.6 Å². The van der Waals surface area contributed by atoms with E-state index in [1.165, 1.54) is 18.2 Å². The molecule has 1 aromatic carbocycles. The number of anilines is 1. The van der Waals surface area contributed by atoms with Crippen molar-refractivity contribution in [2.24, 2.45) is 0 Å². The van der Waals surface area contributed by atoms with Crippen molar-refractivity contribution >= 4 is 52.0 Å². The Kier molecular flexibility index (Phi) is 5.86. The molecule has 3 rings (SSSR count). The number of benzene rings is 1. The predicted octanol–water partition coefficient (Wildman–Crippen LogP) is 3.75. The number of thiophene rings is 1. The Bertz CT molecular complexity index is 929. The lowest BCUT2D eigenvalue weighted by Crippen LogP contribution is -2.15. The number of carbonyl (C=O) groups is 1. The molecule has 11 heteroatoms. The van der Waals surface area contributed by atoms with Gasteiger partial charge in [-0.2, -0.15) is 0 Å². The fourth-order valence-corrected chi connectivity index (χ4v) is 3.58. The van der Waals surface area contributed by atoms with Crippen LogP contribution in [0, 0.1) is 10.1 Å². The molecule has 3 aromatic rings. The van der Waals surface area contributed by atoms with E-state index in [1.54, 1.807) is 11.3 Å². The summed E-state index contributed by atoms with van der Waals surface area (Å²) in [4.78, 5) is 28.0. The fourth-order valence-electron chi connectivity index (χ4n) is 2.08. The Hall–Kier alpha value is -2.43. The number of thioether (sulfide) groups is 1. The highest BCUT2D eigenvalue weighted by Crippen LogP contribution is 2.28. The van der Waals surface area contributed by atoms with Crippen LogP contribution in [0.3, 0.4) is 0 Å². The second kappa shape index (κ2) is 8.30. The van der Waals surface area contributed by atoms with Gasteiger partial charge in [-0.15, -0.1) is 16.4 Å². The topological polar surface area (TPSA) is 114 Å². The molecule has 2 aromatic heterocycles. The monoisotopic (exact) mass is 409 g/mol. The van der Waals surface area contributed by atoms with E-state index in [2.05, 4.69) is 20.5 Å². The summed E-state index contributed by atoms with van der Waals surface area (Å²) in [7, 11) is 0. The van der Waals surface area contributed by atoms with Crippen LogP contribution in [-0.4, -0.2) is 31.8 Å². The van der Waals surface area contributed by atoms with Gasteiger partial charge in [-0.05, 0) is 23.6 Å².